The van der Waals surface area contributed by atoms with Gasteiger partial charge in [-0.1, -0.05) is 35.1 Å². The summed E-state index contributed by atoms with van der Waals surface area (Å²) in [6.45, 7) is 1.88. The lowest BCUT2D eigenvalue weighted by Crippen LogP contribution is -2.19. The molecule has 0 radical (unpaired) electrons. The van der Waals surface area contributed by atoms with Gasteiger partial charge >= 0.3 is 0 Å². The third-order valence-electron chi connectivity index (χ3n) is 3.05. The third-order valence-corrected chi connectivity index (χ3v) is 5.11. The zero-order valence-electron chi connectivity index (χ0n) is 13.1. The number of hydrogen-bond donors (Lipinski definition) is 2. The van der Waals surface area contributed by atoms with E-state index in [4.69, 9.17) is 11.6 Å². The highest BCUT2D eigenvalue weighted by Gasteiger charge is 2.23. The highest BCUT2D eigenvalue weighted by molar-refractivity contribution is 8.18. The fourth-order valence-corrected chi connectivity index (χ4v) is 3.76. The number of nitrogens with one attached hydrogen (secondary N) is 2. The molecule has 1 aliphatic rings. The van der Waals surface area contributed by atoms with Gasteiger partial charge in [-0.2, -0.15) is 0 Å². The minimum atomic E-state index is -0.200. The summed E-state index contributed by atoms with van der Waals surface area (Å²) in [6.07, 6.45) is 3.34. The Morgan fingerprint density at radius 2 is 2.16 bits per heavy atom. The average molecular weight is 393 g/mol. The lowest BCUT2D eigenvalue weighted by Gasteiger charge is -1.98. The van der Waals surface area contributed by atoms with Gasteiger partial charge in [0.15, 0.2) is 10.3 Å². The van der Waals surface area contributed by atoms with E-state index in [0.29, 0.717) is 26.8 Å². The van der Waals surface area contributed by atoms with E-state index in [9.17, 15) is 9.59 Å². The topological polar surface area (TPSA) is 83.4 Å². The van der Waals surface area contributed by atoms with E-state index in [1.165, 1.54) is 30.0 Å². The van der Waals surface area contributed by atoms with Crippen LogP contribution < -0.4 is 10.6 Å². The minimum Gasteiger partial charge on any atom is -0.302 e. The van der Waals surface area contributed by atoms with Crippen LogP contribution in [0, 0.1) is 0 Å². The molecule has 9 heteroatoms. The number of carbonyl (C=O) groups is 2. The molecular weight excluding hydrogens is 380 g/mol. The van der Waals surface area contributed by atoms with Crippen LogP contribution in [0.4, 0.5) is 5.13 Å². The van der Waals surface area contributed by atoms with Gasteiger partial charge in [0.25, 0.3) is 5.91 Å². The molecule has 3 rings (SSSR count). The van der Waals surface area contributed by atoms with E-state index in [2.05, 4.69) is 20.6 Å². The molecule has 0 unspecified atom stereocenters. The van der Waals surface area contributed by atoms with Gasteiger partial charge in [0.05, 0.1) is 16.3 Å². The molecule has 128 valence electrons. The van der Waals surface area contributed by atoms with E-state index >= 15 is 0 Å². The van der Waals surface area contributed by atoms with Crippen molar-refractivity contribution in [3.05, 3.63) is 50.8 Å². The number of amides is 2. The van der Waals surface area contributed by atoms with Gasteiger partial charge in [0.1, 0.15) is 0 Å². The molecule has 1 fully saturated rings. The van der Waals surface area contributed by atoms with E-state index in [1.807, 2.05) is 12.1 Å². The molecule has 0 spiro atoms. The lowest BCUT2D eigenvalue weighted by molar-refractivity contribution is -0.115. The Hall–Kier alpha value is -2.16. The molecule has 0 aliphatic carbocycles. The standard InChI is InChI=1S/C16H13ClN4O2S2/c1-9(22)20-15-19-8-12(24-15)6-13-14(23)21-16(25-13)18-7-10-2-4-11(17)5-3-10/h2-6,8H,7H2,1H3,(H,18,21,23)(H,19,20,22)/b13-6-. The Morgan fingerprint density at radius 1 is 1.40 bits per heavy atom. The molecular formula is C16H13ClN4O2S2. The Morgan fingerprint density at radius 3 is 2.88 bits per heavy atom. The summed E-state index contributed by atoms with van der Waals surface area (Å²) >= 11 is 8.42. The largest absolute Gasteiger partial charge is 0.302 e. The number of rotatable bonds is 4. The number of nitrogens with zero attached hydrogens (tertiary/aromatic N) is 2. The maximum absolute atomic E-state index is 12.0. The van der Waals surface area contributed by atoms with Gasteiger partial charge in [0.2, 0.25) is 5.91 Å². The van der Waals surface area contributed by atoms with Crippen LogP contribution in [-0.4, -0.2) is 22.0 Å². The molecule has 1 aromatic heterocycles. The maximum atomic E-state index is 12.0. The van der Waals surface area contributed by atoms with E-state index < -0.39 is 0 Å². The fourth-order valence-electron chi connectivity index (χ4n) is 1.95. The van der Waals surface area contributed by atoms with Gasteiger partial charge in [-0.25, -0.2) is 4.98 Å². The van der Waals surface area contributed by atoms with Crippen molar-refractivity contribution in [1.82, 2.24) is 10.3 Å². The molecule has 2 N–H and O–H groups in total. The Labute approximate surface area is 157 Å². The molecule has 0 saturated carbocycles. The first-order chi connectivity index (χ1) is 12.0. The summed E-state index contributed by atoms with van der Waals surface area (Å²) < 4.78 is 0. The zero-order chi connectivity index (χ0) is 17.8. The van der Waals surface area contributed by atoms with E-state index in [-0.39, 0.29) is 11.8 Å². The van der Waals surface area contributed by atoms with Crippen molar-refractivity contribution in [3.63, 3.8) is 0 Å². The summed E-state index contributed by atoms with van der Waals surface area (Å²) in [4.78, 5) is 32.9. The highest BCUT2D eigenvalue weighted by atomic mass is 35.5. The Kier molecular flexibility index (Phi) is 5.52. The third kappa shape index (κ3) is 4.91. The predicted molar refractivity (Wildman–Crippen MR) is 103 cm³/mol. The smallest absolute Gasteiger partial charge is 0.264 e. The second kappa shape index (κ2) is 7.81. The summed E-state index contributed by atoms with van der Waals surface area (Å²) in [5, 5.41) is 7.08. The van der Waals surface area contributed by atoms with Gasteiger partial charge in [-0.3, -0.25) is 14.6 Å². The number of aliphatic imine (C=N–C) groups is 1. The first-order valence-corrected chi connectivity index (χ1v) is 9.24. The summed E-state index contributed by atoms with van der Waals surface area (Å²) in [5.41, 5.74) is 1.01. The summed E-state index contributed by atoms with van der Waals surface area (Å²) in [5.74, 6) is -0.382. The van der Waals surface area contributed by atoms with Crippen LogP contribution in [0.25, 0.3) is 6.08 Å². The molecule has 0 bridgehead atoms. The summed E-state index contributed by atoms with van der Waals surface area (Å²) in [6, 6.07) is 7.40. The first kappa shape index (κ1) is 17.7. The molecule has 2 aromatic rings. The van der Waals surface area contributed by atoms with Gasteiger partial charge in [0, 0.05) is 18.1 Å². The van der Waals surface area contributed by atoms with E-state index in [0.717, 1.165) is 10.4 Å². The SMILES string of the molecule is CC(=O)Nc1ncc(/C=C2\SC(=NCc3ccc(Cl)cc3)NC2=O)s1. The van der Waals surface area contributed by atoms with Crippen molar-refractivity contribution >= 4 is 62.9 Å². The van der Waals surface area contributed by atoms with E-state index in [1.54, 1.807) is 24.4 Å². The van der Waals surface area contributed by atoms with Gasteiger partial charge in [-0.05, 0) is 35.5 Å². The number of thioether (sulfide) groups is 1. The van der Waals surface area contributed by atoms with Crippen LogP contribution in [0.3, 0.4) is 0 Å². The molecule has 2 amide bonds. The van der Waals surface area contributed by atoms with Crippen molar-refractivity contribution < 1.29 is 9.59 Å². The minimum absolute atomic E-state index is 0.182. The second-order valence-corrected chi connectivity index (χ2v) is 7.59. The predicted octanol–water partition coefficient (Wildman–Crippen LogP) is 3.52. The molecule has 25 heavy (non-hydrogen) atoms. The molecule has 1 aliphatic heterocycles. The van der Waals surface area contributed by atoms with Crippen LogP contribution in [0.5, 0.6) is 0 Å². The van der Waals surface area contributed by atoms with Gasteiger partial charge < -0.3 is 10.6 Å². The Bertz CT molecular complexity index is 875. The van der Waals surface area contributed by atoms with Crippen molar-refractivity contribution in [3.8, 4) is 0 Å². The van der Waals surface area contributed by atoms with Crippen LogP contribution in [0.2, 0.25) is 5.02 Å². The average Bonchev–Trinajstić information content (AvgIpc) is 3.13. The van der Waals surface area contributed by atoms with Crippen LogP contribution >= 0.6 is 34.7 Å². The van der Waals surface area contributed by atoms with Crippen molar-refractivity contribution in [1.29, 1.82) is 0 Å². The Balaban J connectivity index is 1.67. The monoisotopic (exact) mass is 392 g/mol. The van der Waals surface area contributed by atoms with Crippen molar-refractivity contribution in [2.75, 3.05) is 5.32 Å². The number of carbonyl (C=O) groups excluding carboxylic acids is 2. The molecule has 1 aromatic carbocycles. The normalized spacial score (nSPS) is 17.1. The number of aromatic nitrogens is 1. The van der Waals surface area contributed by atoms with Crippen LogP contribution in [0.1, 0.15) is 17.4 Å². The number of benzene rings is 1. The highest BCUT2D eigenvalue weighted by Crippen LogP contribution is 2.29. The molecule has 6 nitrogen and oxygen atoms in total. The number of halogens is 1. The maximum Gasteiger partial charge on any atom is 0.264 e. The van der Waals surface area contributed by atoms with Gasteiger partial charge in [-0.15, -0.1) is 0 Å². The summed E-state index contributed by atoms with van der Waals surface area (Å²) in [7, 11) is 0. The second-order valence-electron chi connectivity index (χ2n) is 5.06. The van der Waals surface area contributed by atoms with Crippen LogP contribution in [-0.2, 0) is 16.1 Å². The zero-order valence-corrected chi connectivity index (χ0v) is 15.5. The number of thiazole rings is 1. The molecule has 1 saturated heterocycles. The molecule has 0 atom stereocenters. The quantitative estimate of drug-likeness (QED) is 0.780. The number of anilines is 1. The van der Waals surface area contributed by atoms with Crippen molar-refractivity contribution in [2.45, 2.75) is 13.5 Å². The molecule has 2 heterocycles. The fraction of sp³-hybridized carbons (Fsp3) is 0.125. The number of hydrogen-bond acceptors (Lipinski definition) is 6. The first-order valence-electron chi connectivity index (χ1n) is 7.23. The number of amidine groups is 1. The van der Waals surface area contributed by atoms with Crippen LogP contribution in [0.15, 0.2) is 40.4 Å². The van der Waals surface area contributed by atoms with Crippen molar-refractivity contribution in [2.24, 2.45) is 4.99 Å². The lowest BCUT2D eigenvalue weighted by atomic mass is 10.2.